The number of carbonyl (C=O) groups is 1. The van der Waals surface area contributed by atoms with Crippen LogP contribution in [0.2, 0.25) is 0 Å². The van der Waals surface area contributed by atoms with E-state index in [0.717, 1.165) is 16.9 Å². The van der Waals surface area contributed by atoms with Gasteiger partial charge in [0.15, 0.2) is 0 Å². The zero-order valence-electron chi connectivity index (χ0n) is 10.00. The van der Waals surface area contributed by atoms with Crippen LogP contribution < -0.4 is 9.80 Å². The minimum Gasteiger partial charge on any atom is -0.290 e. The van der Waals surface area contributed by atoms with E-state index >= 15 is 0 Å². The second kappa shape index (κ2) is 4.14. The number of rotatable bonds is 2. The van der Waals surface area contributed by atoms with Crippen molar-refractivity contribution in [3.8, 4) is 0 Å². The normalized spacial score (nSPS) is 15.5. The van der Waals surface area contributed by atoms with E-state index in [0.29, 0.717) is 13.1 Å². The third-order valence-corrected chi connectivity index (χ3v) is 3.11. The first kappa shape index (κ1) is 10.8. The quantitative estimate of drug-likeness (QED) is 0.870. The number of urea groups is 1. The molecule has 0 bridgehead atoms. The molecule has 0 saturated carbocycles. The number of aromatic amines is 1. The molecular formula is C12H13N5O. The highest BCUT2D eigenvalue weighted by Gasteiger charge is 2.31. The van der Waals surface area contributed by atoms with E-state index in [1.165, 1.54) is 0 Å². The molecule has 1 N–H and O–H groups in total. The number of H-pyrrole nitrogens is 1. The molecule has 1 aliphatic rings. The number of pyridine rings is 1. The van der Waals surface area contributed by atoms with Gasteiger partial charge in [-0.2, -0.15) is 5.10 Å². The molecule has 0 spiro atoms. The molecule has 2 aromatic rings. The molecule has 1 aliphatic heterocycles. The van der Waals surface area contributed by atoms with Crippen molar-refractivity contribution in [3.63, 3.8) is 0 Å². The largest absolute Gasteiger partial charge is 0.329 e. The summed E-state index contributed by atoms with van der Waals surface area (Å²) < 4.78 is 0. The van der Waals surface area contributed by atoms with Crippen LogP contribution in [0.3, 0.4) is 0 Å². The number of amides is 2. The van der Waals surface area contributed by atoms with E-state index in [-0.39, 0.29) is 6.03 Å². The minimum absolute atomic E-state index is 0.0347. The van der Waals surface area contributed by atoms with Gasteiger partial charge in [0.2, 0.25) is 0 Å². The van der Waals surface area contributed by atoms with Crippen molar-refractivity contribution >= 4 is 17.4 Å². The van der Waals surface area contributed by atoms with Crippen LogP contribution >= 0.6 is 0 Å². The Hall–Kier alpha value is -2.37. The monoisotopic (exact) mass is 243 g/mol. The van der Waals surface area contributed by atoms with Gasteiger partial charge in [-0.05, 0) is 18.6 Å². The van der Waals surface area contributed by atoms with Crippen LogP contribution in [0.4, 0.5) is 16.2 Å². The number of hydrogen-bond acceptors (Lipinski definition) is 3. The van der Waals surface area contributed by atoms with Crippen LogP contribution in [0.25, 0.3) is 0 Å². The van der Waals surface area contributed by atoms with Crippen LogP contribution in [-0.4, -0.2) is 34.3 Å². The van der Waals surface area contributed by atoms with Crippen LogP contribution in [0.15, 0.2) is 30.9 Å². The molecular weight excluding hydrogens is 230 g/mol. The SMILES string of the molecule is Cc1ccncc1N1CCN(c2cn[nH]c2)C1=O. The fourth-order valence-electron chi connectivity index (χ4n) is 2.13. The zero-order chi connectivity index (χ0) is 12.5. The van der Waals surface area contributed by atoms with Gasteiger partial charge >= 0.3 is 6.03 Å². The van der Waals surface area contributed by atoms with Crippen molar-refractivity contribution in [2.24, 2.45) is 0 Å². The van der Waals surface area contributed by atoms with Gasteiger partial charge in [0.25, 0.3) is 0 Å². The average Bonchev–Trinajstić information content (AvgIpc) is 2.99. The Labute approximate surface area is 104 Å². The minimum atomic E-state index is -0.0347. The lowest BCUT2D eigenvalue weighted by atomic mass is 10.2. The van der Waals surface area contributed by atoms with Gasteiger partial charge in [-0.15, -0.1) is 0 Å². The average molecular weight is 243 g/mol. The Morgan fingerprint density at radius 2 is 2.11 bits per heavy atom. The topological polar surface area (TPSA) is 65.1 Å². The Bertz CT molecular complexity index is 566. The van der Waals surface area contributed by atoms with Crippen molar-refractivity contribution in [1.82, 2.24) is 15.2 Å². The smallest absolute Gasteiger partial charge is 0.290 e. The summed E-state index contributed by atoms with van der Waals surface area (Å²) in [5, 5.41) is 6.59. The predicted molar refractivity (Wildman–Crippen MR) is 67.6 cm³/mol. The van der Waals surface area contributed by atoms with Crippen LogP contribution in [0.5, 0.6) is 0 Å². The molecule has 0 aromatic carbocycles. The molecule has 2 amide bonds. The van der Waals surface area contributed by atoms with Gasteiger partial charge in [0.05, 0.1) is 23.8 Å². The second-order valence-electron chi connectivity index (χ2n) is 4.20. The van der Waals surface area contributed by atoms with Gasteiger partial charge in [-0.1, -0.05) is 0 Å². The van der Waals surface area contributed by atoms with E-state index < -0.39 is 0 Å². The fraction of sp³-hybridized carbons (Fsp3) is 0.250. The molecule has 0 aliphatic carbocycles. The predicted octanol–water partition coefficient (Wildman–Crippen LogP) is 1.56. The summed E-state index contributed by atoms with van der Waals surface area (Å²) in [6.07, 6.45) is 6.83. The van der Waals surface area contributed by atoms with Crippen molar-refractivity contribution in [2.75, 3.05) is 22.9 Å². The van der Waals surface area contributed by atoms with E-state index in [1.807, 2.05) is 13.0 Å². The highest BCUT2D eigenvalue weighted by Crippen LogP contribution is 2.25. The molecule has 0 unspecified atom stereocenters. The first-order chi connectivity index (χ1) is 8.77. The van der Waals surface area contributed by atoms with Gasteiger partial charge in [-0.25, -0.2) is 4.79 Å². The lowest BCUT2D eigenvalue weighted by Crippen LogP contribution is -2.31. The Balaban J connectivity index is 1.90. The highest BCUT2D eigenvalue weighted by molar-refractivity contribution is 6.06. The first-order valence-corrected chi connectivity index (χ1v) is 5.76. The summed E-state index contributed by atoms with van der Waals surface area (Å²) in [5.41, 5.74) is 2.71. The number of hydrogen-bond donors (Lipinski definition) is 1. The van der Waals surface area contributed by atoms with Gasteiger partial charge in [-0.3, -0.25) is 19.9 Å². The fourth-order valence-corrected chi connectivity index (χ4v) is 2.13. The number of aryl methyl sites for hydroxylation is 1. The summed E-state index contributed by atoms with van der Waals surface area (Å²) in [6.45, 7) is 3.30. The van der Waals surface area contributed by atoms with E-state index in [2.05, 4.69) is 15.2 Å². The number of nitrogens with zero attached hydrogens (tertiary/aromatic N) is 4. The Morgan fingerprint density at radius 1 is 1.28 bits per heavy atom. The van der Waals surface area contributed by atoms with Crippen molar-refractivity contribution in [3.05, 3.63) is 36.4 Å². The third-order valence-electron chi connectivity index (χ3n) is 3.11. The number of aromatic nitrogens is 3. The molecule has 6 heteroatoms. The molecule has 18 heavy (non-hydrogen) atoms. The maximum atomic E-state index is 12.3. The summed E-state index contributed by atoms with van der Waals surface area (Å²) in [6, 6.07) is 1.87. The van der Waals surface area contributed by atoms with Crippen LogP contribution in [-0.2, 0) is 0 Å². The standard InChI is InChI=1S/C12H13N5O/c1-9-2-3-13-8-11(9)17-5-4-16(12(17)18)10-6-14-15-7-10/h2-3,6-8H,4-5H2,1H3,(H,14,15). The van der Waals surface area contributed by atoms with Crippen LogP contribution in [0, 0.1) is 6.92 Å². The zero-order valence-corrected chi connectivity index (χ0v) is 10.00. The van der Waals surface area contributed by atoms with Gasteiger partial charge < -0.3 is 0 Å². The Morgan fingerprint density at radius 3 is 2.83 bits per heavy atom. The molecule has 92 valence electrons. The summed E-state index contributed by atoms with van der Waals surface area (Å²) in [7, 11) is 0. The maximum absolute atomic E-state index is 12.3. The molecule has 3 heterocycles. The maximum Gasteiger partial charge on any atom is 0.329 e. The second-order valence-corrected chi connectivity index (χ2v) is 4.20. The molecule has 0 radical (unpaired) electrons. The Kier molecular flexibility index (Phi) is 2.47. The molecule has 6 nitrogen and oxygen atoms in total. The molecule has 2 aromatic heterocycles. The molecule has 3 rings (SSSR count). The molecule has 0 atom stereocenters. The van der Waals surface area contributed by atoms with Gasteiger partial charge in [0, 0.05) is 25.5 Å². The highest BCUT2D eigenvalue weighted by atomic mass is 16.2. The third kappa shape index (κ3) is 1.62. The van der Waals surface area contributed by atoms with E-state index in [4.69, 9.17) is 0 Å². The summed E-state index contributed by atoms with van der Waals surface area (Å²) in [5.74, 6) is 0. The summed E-state index contributed by atoms with van der Waals surface area (Å²) in [4.78, 5) is 19.9. The number of nitrogens with one attached hydrogen (secondary N) is 1. The van der Waals surface area contributed by atoms with E-state index in [9.17, 15) is 4.79 Å². The number of carbonyl (C=O) groups excluding carboxylic acids is 1. The lowest BCUT2D eigenvalue weighted by molar-refractivity contribution is 0.256. The first-order valence-electron chi connectivity index (χ1n) is 5.76. The molecule has 1 saturated heterocycles. The van der Waals surface area contributed by atoms with Crippen molar-refractivity contribution < 1.29 is 4.79 Å². The van der Waals surface area contributed by atoms with E-state index in [1.54, 1.807) is 34.6 Å². The van der Waals surface area contributed by atoms with Crippen molar-refractivity contribution in [1.29, 1.82) is 0 Å². The van der Waals surface area contributed by atoms with Gasteiger partial charge in [0.1, 0.15) is 0 Å². The molecule has 1 fully saturated rings. The van der Waals surface area contributed by atoms with Crippen molar-refractivity contribution in [2.45, 2.75) is 6.92 Å². The summed E-state index contributed by atoms with van der Waals surface area (Å²) >= 11 is 0. The number of anilines is 2. The lowest BCUT2D eigenvalue weighted by Gasteiger charge is -2.18. The van der Waals surface area contributed by atoms with Crippen LogP contribution in [0.1, 0.15) is 5.56 Å².